The summed E-state index contributed by atoms with van der Waals surface area (Å²) in [5.74, 6) is 0. The third kappa shape index (κ3) is 14.8. The second-order valence-electron chi connectivity index (χ2n) is 9.31. The van der Waals surface area contributed by atoms with Gasteiger partial charge in [-0.1, -0.05) is 70.4 Å². The van der Waals surface area contributed by atoms with Gasteiger partial charge in [-0.25, -0.2) is 0 Å². The first kappa shape index (κ1) is 27.8. The molecule has 0 rings (SSSR count). The Kier molecular flexibility index (Phi) is 14.6. The van der Waals surface area contributed by atoms with Crippen LogP contribution in [0.15, 0.2) is 12.2 Å². The van der Waals surface area contributed by atoms with Crippen LogP contribution in [-0.4, -0.2) is 52.4 Å². The molecule has 0 radical (unpaired) electrons. The van der Waals surface area contributed by atoms with E-state index in [0.717, 1.165) is 25.7 Å². The van der Waals surface area contributed by atoms with Crippen LogP contribution in [0, 0.1) is 0 Å². The molecule has 28 heavy (non-hydrogen) atoms. The molecule has 0 bridgehead atoms. The van der Waals surface area contributed by atoms with Gasteiger partial charge in [-0.2, -0.15) is 0 Å². The fraction of sp³-hybridized carbons (Fsp3) is 0.909. The Balaban J connectivity index is 3.78. The van der Waals surface area contributed by atoms with Crippen LogP contribution in [0.4, 0.5) is 0 Å². The summed E-state index contributed by atoms with van der Waals surface area (Å²) < 4.78 is 12.1. The highest BCUT2D eigenvalue weighted by Crippen LogP contribution is 2.52. The van der Waals surface area contributed by atoms with Gasteiger partial charge in [-0.15, -0.1) is 0 Å². The zero-order chi connectivity index (χ0) is 21.5. The van der Waals surface area contributed by atoms with E-state index in [9.17, 15) is 19.5 Å². The first-order valence-corrected chi connectivity index (χ1v) is 12.9. The molecular weight excluding hydrogens is 373 g/mol. The second kappa shape index (κ2) is 14.7. The molecule has 1 atom stereocenters. The monoisotopic (exact) mass is 420 g/mol. The minimum Gasteiger partial charge on any atom is -0.373 e. The SMILES string of the molecule is CCCCCCCCCC/C=C\CCCCCC(O)(C[N+](C)(C)C)P(=O)(O)O. The van der Waals surface area contributed by atoms with Crippen LogP contribution >= 0.6 is 7.60 Å². The quantitative estimate of drug-likeness (QED) is 0.117. The number of quaternary nitrogens is 1. The zero-order valence-corrected chi connectivity index (χ0v) is 19.8. The van der Waals surface area contributed by atoms with Crippen LogP contribution in [0.1, 0.15) is 96.8 Å². The van der Waals surface area contributed by atoms with E-state index >= 15 is 0 Å². The molecule has 1 unspecified atom stereocenters. The van der Waals surface area contributed by atoms with Crippen molar-refractivity contribution >= 4 is 7.60 Å². The van der Waals surface area contributed by atoms with Gasteiger partial charge >= 0.3 is 7.60 Å². The zero-order valence-electron chi connectivity index (χ0n) is 18.9. The molecule has 0 saturated carbocycles. The Morgan fingerprint density at radius 1 is 0.786 bits per heavy atom. The average molecular weight is 421 g/mol. The van der Waals surface area contributed by atoms with Gasteiger partial charge in [0.05, 0.1) is 21.1 Å². The number of allylic oxidation sites excluding steroid dienone is 2. The van der Waals surface area contributed by atoms with E-state index in [1.807, 2.05) is 21.1 Å². The number of hydrogen-bond donors (Lipinski definition) is 3. The van der Waals surface area contributed by atoms with Crippen molar-refractivity contribution in [3.8, 4) is 0 Å². The molecule has 5 nitrogen and oxygen atoms in total. The summed E-state index contributed by atoms with van der Waals surface area (Å²) in [6.07, 6.45) is 20.1. The van der Waals surface area contributed by atoms with Gasteiger partial charge in [0.15, 0.2) is 0 Å². The van der Waals surface area contributed by atoms with Crippen molar-refractivity contribution in [3.05, 3.63) is 12.2 Å². The standard InChI is InChI=1S/C22H46NO4P/c1-5-6-7-8-9-10-11-12-13-14-15-16-17-18-19-20-22(24,28(25,26)27)21-23(2,3)4/h14-15,24H,5-13,16-21H2,1-4H3,(H-,25,26,27)/p+1/b15-14-. The Hall–Kier alpha value is -0.190. The lowest BCUT2D eigenvalue weighted by molar-refractivity contribution is -0.875. The lowest BCUT2D eigenvalue weighted by Gasteiger charge is -2.35. The van der Waals surface area contributed by atoms with Crippen LogP contribution in [0.5, 0.6) is 0 Å². The van der Waals surface area contributed by atoms with Gasteiger partial charge in [0.1, 0.15) is 6.54 Å². The number of nitrogens with zero attached hydrogens (tertiary/aromatic N) is 1. The summed E-state index contributed by atoms with van der Waals surface area (Å²) in [6.45, 7) is 2.30. The maximum Gasteiger partial charge on any atom is 0.362 e. The highest BCUT2D eigenvalue weighted by Gasteiger charge is 2.48. The van der Waals surface area contributed by atoms with Gasteiger partial charge in [0.25, 0.3) is 0 Å². The van der Waals surface area contributed by atoms with Crippen LogP contribution in [0.2, 0.25) is 0 Å². The number of hydrogen-bond acceptors (Lipinski definition) is 2. The van der Waals surface area contributed by atoms with Crippen molar-refractivity contribution < 1.29 is 23.9 Å². The minimum absolute atomic E-state index is 0.0514. The largest absolute Gasteiger partial charge is 0.373 e. The highest BCUT2D eigenvalue weighted by atomic mass is 31.2. The summed E-state index contributed by atoms with van der Waals surface area (Å²) in [5.41, 5.74) is 0. The first-order valence-electron chi connectivity index (χ1n) is 11.3. The van der Waals surface area contributed by atoms with Gasteiger partial charge < -0.3 is 19.4 Å². The van der Waals surface area contributed by atoms with Crippen LogP contribution in [0.25, 0.3) is 0 Å². The summed E-state index contributed by atoms with van der Waals surface area (Å²) in [4.78, 5) is 19.1. The number of unbranched alkanes of at least 4 members (excludes halogenated alkanes) is 11. The van der Waals surface area contributed by atoms with Gasteiger partial charge in [-0.05, 0) is 38.5 Å². The molecule has 0 spiro atoms. The molecule has 3 N–H and O–H groups in total. The topological polar surface area (TPSA) is 77.8 Å². The van der Waals surface area contributed by atoms with Crippen molar-refractivity contribution in [1.29, 1.82) is 0 Å². The fourth-order valence-corrected chi connectivity index (χ4v) is 4.61. The predicted molar refractivity (Wildman–Crippen MR) is 119 cm³/mol. The smallest absolute Gasteiger partial charge is 0.362 e. The molecule has 0 heterocycles. The van der Waals surface area contributed by atoms with E-state index in [0.29, 0.717) is 10.9 Å². The van der Waals surface area contributed by atoms with E-state index in [1.54, 1.807) is 0 Å². The Morgan fingerprint density at radius 2 is 1.21 bits per heavy atom. The maximum absolute atomic E-state index is 11.7. The van der Waals surface area contributed by atoms with E-state index in [1.165, 1.54) is 51.4 Å². The molecule has 0 saturated heterocycles. The molecule has 0 aliphatic carbocycles. The van der Waals surface area contributed by atoms with Crippen molar-refractivity contribution in [2.75, 3.05) is 27.7 Å². The highest BCUT2D eigenvalue weighted by molar-refractivity contribution is 7.53. The predicted octanol–water partition coefficient (Wildman–Crippen LogP) is 5.60. The molecule has 168 valence electrons. The molecule has 0 amide bonds. The minimum atomic E-state index is -4.55. The summed E-state index contributed by atoms with van der Waals surface area (Å²) in [5, 5.41) is 8.58. The maximum atomic E-state index is 11.7. The average Bonchev–Trinajstić information content (AvgIpc) is 2.56. The Labute approximate surface area is 174 Å². The molecule has 0 aliphatic rings. The molecule has 0 fully saturated rings. The van der Waals surface area contributed by atoms with Crippen molar-refractivity contribution in [2.45, 2.75) is 102 Å². The lowest BCUT2D eigenvalue weighted by Crippen LogP contribution is -2.49. The third-order valence-corrected chi connectivity index (χ3v) is 6.56. The van der Waals surface area contributed by atoms with Crippen molar-refractivity contribution in [3.63, 3.8) is 0 Å². The number of aliphatic hydroxyl groups is 1. The van der Waals surface area contributed by atoms with E-state index in [-0.39, 0.29) is 13.0 Å². The third-order valence-electron chi connectivity index (χ3n) is 5.11. The molecule has 0 aromatic carbocycles. The molecule has 0 aromatic heterocycles. The van der Waals surface area contributed by atoms with Crippen LogP contribution in [0.3, 0.4) is 0 Å². The fourth-order valence-electron chi connectivity index (χ4n) is 3.56. The molecular formula is C22H47NO4P+. The number of rotatable bonds is 18. The number of likely N-dealkylation sites (N-methyl/N-ethyl adjacent to an activating group) is 1. The van der Waals surface area contributed by atoms with Crippen molar-refractivity contribution in [1.82, 2.24) is 0 Å². The van der Waals surface area contributed by atoms with Gasteiger partial charge in [-0.3, -0.25) is 4.57 Å². The van der Waals surface area contributed by atoms with E-state index < -0.39 is 12.9 Å². The van der Waals surface area contributed by atoms with E-state index in [2.05, 4.69) is 19.1 Å². The Bertz CT molecular complexity index is 456. The first-order chi connectivity index (χ1) is 13.0. The van der Waals surface area contributed by atoms with Gasteiger partial charge in [0.2, 0.25) is 5.34 Å². The normalized spacial score (nSPS) is 15.2. The van der Waals surface area contributed by atoms with Gasteiger partial charge in [0, 0.05) is 0 Å². The summed E-state index contributed by atoms with van der Waals surface area (Å²) >= 11 is 0. The molecule has 6 heteroatoms. The van der Waals surface area contributed by atoms with Crippen LogP contribution < -0.4 is 0 Å². The second-order valence-corrected chi connectivity index (χ2v) is 11.2. The lowest BCUT2D eigenvalue weighted by atomic mass is 10.1. The van der Waals surface area contributed by atoms with Crippen molar-refractivity contribution in [2.24, 2.45) is 0 Å². The Morgan fingerprint density at radius 3 is 1.64 bits per heavy atom. The van der Waals surface area contributed by atoms with Crippen LogP contribution in [-0.2, 0) is 4.57 Å². The summed E-state index contributed by atoms with van der Waals surface area (Å²) in [6, 6.07) is 0. The molecule has 0 aromatic rings. The summed E-state index contributed by atoms with van der Waals surface area (Å²) in [7, 11) is 0.947. The molecule has 0 aliphatic heterocycles. The van der Waals surface area contributed by atoms with E-state index in [4.69, 9.17) is 0 Å².